The highest BCUT2D eigenvalue weighted by atomic mass is 32.1. The topological polar surface area (TPSA) is 94.1 Å². The van der Waals surface area contributed by atoms with Crippen LogP contribution in [-0.4, -0.2) is 43.9 Å². The first-order valence-electron chi connectivity index (χ1n) is 9.13. The third-order valence-electron chi connectivity index (χ3n) is 5.11. The fourth-order valence-electron chi connectivity index (χ4n) is 3.54. The third-order valence-corrected chi connectivity index (χ3v) is 6.02. The molecule has 7 nitrogen and oxygen atoms in total. The van der Waals surface area contributed by atoms with E-state index in [2.05, 4.69) is 10.1 Å². The van der Waals surface area contributed by atoms with Crippen molar-refractivity contribution >= 4 is 28.8 Å². The highest BCUT2D eigenvalue weighted by molar-refractivity contribution is 7.11. The van der Waals surface area contributed by atoms with Crippen LogP contribution in [0.25, 0.3) is 5.69 Å². The molecule has 0 radical (unpaired) electrons. The molecule has 1 fully saturated rings. The summed E-state index contributed by atoms with van der Waals surface area (Å²) in [6, 6.07) is 7.22. The van der Waals surface area contributed by atoms with Crippen LogP contribution in [0.5, 0.6) is 0 Å². The van der Waals surface area contributed by atoms with Gasteiger partial charge in [0.05, 0.1) is 34.7 Å². The summed E-state index contributed by atoms with van der Waals surface area (Å²) in [5.41, 5.74) is 10.9. The van der Waals surface area contributed by atoms with Crippen LogP contribution in [0, 0.1) is 13.8 Å². The lowest BCUT2D eigenvalue weighted by molar-refractivity contribution is 0.0674. The minimum Gasteiger partial charge on any atom is -0.383 e. The predicted molar refractivity (Wildman–Crippen MR) is 108 cm³/mol. The summed E-state index contributed by atoms with van der Waals surface area (Å²) in [6.07, 6.45) is 2.90. The van der Waals surface area contributed by atoms with E-state index in [1.165, 1.54) is 17.5 Å². The molecular formula is C20H21N5O2S. The summed E-state index contributed by atoms with van der Waals surface area (Å²) in [5.74, 6) is -0.00801. The van der Waals surface area contributed by atoms with Gasteiger partial charge in [0, 0.05) is 6.54 Å². The van der Waals surface area contributed by atoms with Crippen LogP contribution in [0.15, 0.2) is 36.0 Å². The Morgan fingerprint density at radius 3 is 2.64 bits per heavy atom. The summed E-state index contributed by atoms with van der Waals surface area (Å²) < 4.78 is 1.56. The lowest BCUT2D eigenvalue weighted by Crippen LogP contribution is -2.40. The van der Waals surface area contributed by atoms with E-state index in [0.29, 0.717) is 34.9 Å². The van der Waals surface area contributed by atoms with Crippen molar-refractivity contribution in [3.63, 3.8) is 0 Å². The van der Waals surface area contributed by atoms with Crippen molar-refractivity contribution < 1.29 is 9.59 Å². The molecule has 0 unspecified atom stereocenters. The van der Waals surface area contributed by atoms with E-state index >= 15 is 0 Å². The van der Waals surface area contributed by atoms with Crippen molar-refractivity contribution in [1.29, 1.82) is 0 Å². The molecule has 4 rings (SSSR count). The fraction of sp³-hybridized carbons (Fsp3) is 0.300. The van der Waals surface area contributed by atoms with Gasteiger partial charge in [0.1, 0.15) is 10.7 Å². The summed E-state index contributed by atoms with van der Waals surface area (Å²) in [4.78, 5) is 32.5. The first-order valence-corrected chi connectivity index (χ1v) is 10.0. The van der Waals surface area contributed by atoms with Gasteiger partial charge in [-0.2, -0.15) is 5.10 Å². The molecule has 3 heterocycles. The van der Waals surface area contributed by atoms with Gasteiger partial charge in [-0.15, -0.1) is 11.3 Å². The number of carbonyl (C=O) groups is 2. The Labute approximate surface area is 166 Å². The monoisotopic (exact) mass is 395 g/mol. The summed E-state index contributed by atoms with van der Waals surface area (Å²) in [7, 11) is 0. The van der Waals surface area contributed by atoms with Gasteiger partial charge in [-0.1, -0.05) is 17.7 Å². The molecule has 1 atom stereocenters. The van der Waals surface area contributed by atoms with Gasteiger partial charge in [0.15, 0.2) is 5.78 Å². The van der Waals surface area contributed by atoms with E-state index in [1.54, 1.807) is 22.0 Å². The average molecular weight is 395 g/mol. The Morgan fingerprint density at radius 2 is 1.96 bits per heavy atom. The van der Waals surface area contributed by atoms with E-state index < -0.39 is 6.04 Å². The molecule has 144 valence electrons. The van der Waals surface area contributed by atoms with Gasteiger partial charge < -0.3 is 10.6 Å². The number of aromatic nitrogens is 3. The Kier molecular flexibility index (Phi) is 4.72. The number of nitrogen functional groups attached to an aromatic ring is 1. The van der Waals surface area contributed by atoms with Crippen LogP contribution in [0.4, 0.5) is 5.82 Å². The maximum Gasteiger partial charge on any atom is 0.266 e. The second-order valence-corrected chi connectivity index (χ2v) is 7.83. The molecule has 2 aromatic heterocycles. The van der Waals surface area contributed by atoms with Crippen molar-refractivity contribution in [2.24, 2.45) is 0 Å². The number of hydrogen-bond donors (Lipinski definition) is 1. The number of hydrogen-bond acceptors (Lipinski definition) is 6. The van der Waals surface area contributed by atoms with Crippen LogP contribution < -0.4 is 5.73 Å². The van der Waals surface area contributed by atoms with Crippen molar-refractivity contribution in [2.75, 3.05) is 12.3 Å². The standard InChI is InChI=1S/C20H21N5O2S/c1-12-5-7-14(8-6-12)25-19(21)15(10-23-25)17(26)16-4-3-9-24(16)20(27)18-13(2)22-11-28-18/h5-8,10-11,16H,3-4,9,21H2,1-2H3/t16-/m0/s1. The molecule has 1 saturated heterocycles. The molecule has 0 bridgehead atoms. The van der Waals surface area contributed by atoms with Crippen molar-refractivity contribution in [2.45, 2.75) is 32.7 Å². The van der Waals surface area contributed by atoms with Gasteiger partial charge in [-0.25, -0.2) is 9.67 Å². The Morgan fingerprint density at radius 1 is 1.21 bits per heavy atom. The molecule has 1 aliphatic rings. The fourth-order valence-corrected chi connectivity index (χ4v) is 4.30. The predicted octanol–water partition coefficient (Wildman–Crippen LogP) is 3.02. The molecule has 3 aromatic rings. The number of nitrogens with zero attached hydrogens (tertiary/aromatic N) is 4. The maximum absolute atomic E-state index is 13.2. The van der Waals surface area contributed by atoms with Crippen molar-refractivity contribution in [3.05, 3.63) is 57.7 Å². The number of anilines is 1. The minimum absolute atomic E-state index is 0.139. The largest absolute Gasteiger partial charge is 0.383 e. The second kappa shape index (κ2) is 7.20. The van der Waals surface area contributed by atoms with Gasteiger partial charge in [0.25, 0.3) is 5.91 Å². The molecule has 8 heteroatoms. The number of ketones is 1. The smallest absolute Gasteiger partial charge is 0.266 e. The maximum atomic E-state index is 13.2. The second-order valence-electron chi connectivity index (χ2n) is 6.98. The molecular weight excluding hydrogens is 374 g/mol. The number of Topliss-reactive ketones (excluding diaryl/α,β-unsaturated/α-hetero) is 1. The summed E-state index contributed by atoms with van der Waals surface area (Å²) in [5, 5.41) is 4.30. The molecule has 0 spiro atoms. The van der Waals surface area contributed by atoms with Gasteiger partial charge in [0.2, 0.25) is 0 Å². The van der Waals surface area contributed by atoms with Crippen LogP contribution in [0.3, 0.4) is 0 Å². The molecule has 0 saturated carbocycles. The zero-order valence-corrected chi connectivity index (χ0v) is 16.6. The van der Waals surface area contributed by atoms with E-state index in [-0.39, 0.29) is 11.7 Å². The first kappa shape index (κ1) is 18.4. The van der Waals surface area contributed by atoms with E-state index in [9.17, 15) is 9.59 Å². The SMILES string of the molecule is Cc1ccc(-n2ncc(C(=O)[C@@H]3CCCN3C(=O)c3scnc3C)c2N)cc1. The number of amides is 1. The molecule has 1 aromatic carbocycles. The Balaban J connectivity index is 1.61. The quantitative estimate of drug-likeness (QED) is 0.685. The number of thiazole rings is 1. The number of aryl methyl sites for hydroxylation is 2. The Bertz CT molecular complexity index is 1040. The normalized spacial score (nSPS) is 16.5. The highest BCUT2D eigenvalue weighted by Crippen LogP contribution is 2.28. The van der Waals surface area contributed by atoms with Gasteiger partial charge in [-0.05, 0) is 38.8 Å². The van der Waals surface area contributed by atoms with E-state index in [4.69, 9.17) is 5.73 Å². The van der Waals surface area contributed by atoms with Crippen molar-refractivity contribution in [1.82, 2.24) is 19.7 Å². The average Bonchev–Trinajstić information content (AvgIpc) is 3.41. The Hall–Kier alpha value is -3.00. The number of likely N-dealkylation sites (tertiary alicyclic amines) is 1. The lowest BCUT2D eigenvalue weighted by atomic mass is 10.0. The molecule has 2 N–H and O–H groups in total. The lowest BCUT2D eigenvalue weighted by Gasteiger charge is -2.23. The zero-order chi connectivity index (χ0) is 19.8. The third kappa shape index (κ3) is 3.09. The van der Waals surface area contributed by atoms with E-state index in [1.807, 2.05) is 31.2 Å². The molecule has 0 aliphatic carbocycles. The first-order chi connectivity index (χ1) is 13.5. The number of nitrogens with two attached hydrogens (primary N) is 1. The van der Waals surface area contributed by atoms with E-state index in [0.717, 1.165) is 17.7 Å². The molecule has 28 heavy (non-hydrogen) atoms. The minimum atomic E-state index is -0.521. The van der Waals surface area contributed by atoms with Crippen molar-refractivity contribution in [3.8, 4) is 5.69 Å². The summed E-state index contributed by atoms with van der Waals surface area (Å²) >= 11 is 1.30. The zero-order valence-electron chi connectivity index (χ0n) is 15.8. The van der Waals surface area contributed by atoms with Crippen LogP contribution in [0.1, 0.15) is 44.1 Å². The number of carbonyl (C=O) groups excluding carboxylic acids is 2. The number of benzene rings is 1. The molecule has 1 aliphatic heterocycles. The molecule has 1 amide bonds. The van der Waals surface area contributed by atoms with Gasteiger partial charge in [-0.3, -0.25) is 9.59 Å². The highest BCUT2D eigenvalue weighted by Gasteiger charge is 2.37. The van der Waals surface area contributed by atoms with Crippen LogP contribution >= 0.6 is 11.3 Å². The van der Waals surface area contributed by atoms with Crippen LogP contribution in [0.2, 0.25) is 0 Å². The van der Waals surface area contributed by atoms with Gasteiger partial charge >= 0.3 is 0 Å². The van der Waals surface area contributed by atoms with Crippen LogP contribution in [-0.2, 0) is 0 Å². The summed E-state index contributed by atoms with van der Waals surface area (Å²) in [6.45, 7) is 4.36. The number of rotatable bonds is 4.